The normalized spacial score (nSPS) is 19.1. The number of carbonyl (C=O) groups is 1. The summed E-state index contributed by atoms with van der Waals surface area (Å²) < 4.78 is 5.55. The number of carbonyl (C=O) groups excluding carboxylic acids is 1. The smallest absolute Gasteiger partial charge is 0.254 e. The zero-order chi connectivity index (χ0) is 14.4. The van der Waals surface area contributed by atoms with Crippen molar-refractivity contribution in [3.63, 3.8) is 0 Å². The Bertz CT molecular complexity index is 515. The first-order valence-electron chi connectivity index (χ1n) is 6.80. The molecule has 2 heterocycles. The Morgan fingerprint density at radius 3 is 3.30 bits per heavy atom. The third kappa shape index (κ3) is 4.07. The van der Waals surface area contributed by atoms with Gasteiger partial charge in [-0.05, 0) is 19.4 Å². The number of amides is 1. The molecule has 2 rings (SSSR count). The lowest BCUT2D eigenvalue weighted by molar-refractivity contribution is 0.0563. The molecule has 1 unspecified atom stereocenters. The van der Waals surface area contributed by atoms with Gasteiger partial charge in [-0.3, -0.25) is 4.79 Å². The number of rotatable bonds is 2. The molecule has 0 saturated carbocycles. The highest BCUT2D eigenvalue weighted by molar-refractivity contribution is 7.10. The second-order valence-electron chi connectivity index (χ2n) is 4.76. The fourth-order valence-electron chi connectivity index (χ4n) is 2.08. The second-order valence-corrected chi connectivity index (χ2v) is 5.67. The van der Waals surface area contributed by atoms with Crippen molar-refractivity contribution < 1.29 is 14.6 Å². The molecule has 108 valence electrons. The zero-order valence-corrected chi connectivity index (χ0v) is 12.4. The topological polar surface area (TPSA) is 49.8 Å². The predicted molar refractivity (Wildman–Crippen MR) is 78.8 cm³/mol. The maximum absolute atomic E-state index is 12.4. The second kappa shape index (κ2) is 7.44. The van der Waals surface area contributed by atoms with E-state index in [4.69, 9.17) is 9.84 Å². The van der Waals surface area contributed by atoms with E-state index in [2.05, 4.69) is 11.8 Å². The molecule has 1 saturated heterocycles. The first-order valence-corrected chi connectivity index (χ1v) is 7.68. The molecule has 20 heavy (non-hydrogen) atoms. The Labute approximate surface area is 123 Å². The summed E-state index contributed by atoms with van der Waals surface area (Å²) in [6, 6.07) is 1.83. The highest BCUT2D eigenvalue weighted by atomic mass is 32.1. The molecule has 1 aliphatic rings. The van der Waals surface area contributed by atoms with Gasteiger partial charge in [-0.25, -0.2) is 0 Å². The highest BCUT2D eigenvalue weighted by Crippen LogP contribution is 2.17. The van der Waals surface area contributed by atoms with Crippen LogP contribution in [0.3, 0.4) is 0 Å². The lowest BCUT2D eigenvalue weighted by atomic mass is 10.2. The van der Waals surface area contributed by atoms with Crippen molar-refractivity contribution in [1.29, 1.82) is 0 Å². The number of thiophene rings is 1. The van der Waals surface area contributed by atoms with Gasteiger partial charge in [0.25, 0.3) is 5.91 Å². The summed E-state index contributed by atoms with van der Waals surface area (Å²) in [6.07, 6.45) is 1.43. The predicted octanol–water partition coefficient (Wildman–Crippen LogP) is 1.73. The Balaban J connectivity index is 2.03. The molecule has 0 radical (unpaired) electrons. The highest BCUT2D eigenvalue weighted by Gasteiger charge is 2.21. The minimum Gasteiger partial charge on any atom is -0.395 e. The summed E-state index contributed by atoms with van der Waals surface area (Å²) in [5.74, 6) is 5.87. The molecule has 0 aromatic carbocycles. The van der Waals surface area contributed by atoms with E-state index in [1.54, 1.807) is 0 Å². The van der Waals surface area contributed by atoms with Crippen molar-refractivity contribution in [1.82, 2.24) is 4.90 Å². The van der Waals surface area contributed by atoms with E-state index in [-0.39, 0.29) is 18.6 Å². The minimum absolute atomic E-state index is 0.0498. The molecule has 0 bridgehead atoms. The molecular formula is C15H19NO3S. The Morgan fingerprint density at radius 1 is 1.65 bits per heavy atom. The monoisotopic (exact) mass is 293 g/mol. The average molecular weight is 293 g/mol. The summed E-state index contributed by atoms with van der Waals surface area (Å²) in [4.78, 5) is 15.1. The molecule has 1 amide bonds. The number of hydrogen-bond acceptors (Lipinski definition) is 4. The lowest BCUT2D eigenvalue weighted by Gasteiger charge is -2.21. The van der Waals surface area contributed by atoms with Gasteiger partial charge >= 0.3 is 0 Å². The number of hydrogen-bond donors (Lipinski definition) is 1. The van der Waals surface area contributed by atoms with Gasteiger partial charge in [0.1, 0.15) is 0 Å². The van der Waals surface area contributed by atoms with Crippen LogP contribution in [0.2, 0.25) is 0 Å². The van der Waals surface area contributed by atoms with Crippen LogP contribution in [0.25, 0.3) is 0 Å². The third-order valence-electron chi connectivity index (χ3n) is 3.03. The maximum Gasteiger partial charge on any atom is 0.254 e. The minimum atomic E-state index is 0.0498. The van der Waals surface area contributed by atoms with E-state index < -0.39 is 0 Å². The first kappa shape index (κ1) is 15.0. The molecule has 1 aromatic heterocycles. The van der Waals surface area contributed by atoms with Crippen molar-refractivity contribution in [2.24, 2.45) is 0 Å². The van der Waals surface area contributed by atoms with E-state index >= 15 is 0 Å². The quantitative estimate of drug-likeness (QED) is 0.845. The lowest BCUT2D eigenvalue weighted by Crippen LogP contribution is -2.35. The van der Waals surface area contributed by atoms with Crippen molar-refractivity contribution in [2.75, 3.05) is 26.3 Å². The molecule has 0 aliphatic carbocycles. The van der Waals surface area contributed by atoms with Crippen LogP contribution < -0.4 is 0 Å². The van der Waals surface area contributed by atoms with E-state index in [1.165, 1.54) is 11.3 Å². The van der Waals surface area contributed by atoms with Gasteiger partial charge in [-0.15, -0.1) is 11.3 Å². The van der Waals surface area contributed by atoms with Gasteiger partial charge in [0, 0.05) is 31.5 Å². The molecule has 1 N–H and O–H groups in total. The fourth-order valence-corrected chi connectivity index (χ4v) is 2.83. The van der Waals surface area contributed by atoms with Crippen molar-refractivity contribution in [3.05, 3.63) is 21.9 Å². The number of nitrogens with zero attached hydrogens (tertiary/aromatic N) is 1. The van der Waals surface area contributed by atoms with E-state index in [9.17, 15) is 4.79 Å². The number of aliphatic hydroxyl groups excluding tert-OH is 1. The van der Waals surface area contributed by atoms with Gasteiger partial charge in [0.2, 0.25) is 0 Å². The van der Waals surface area contributed by atoms with E-state index in [0.717, 1.165) is 17.8 Å². The van der Waals surface area contributed by atoms with Crippen molar-refractivity contribution in [3.8, 4) is 11.8 Å². The van der Waals surface area contributed by atoms with Crippen LogP contribution in [0.1, 0.15) is 35.0 Å². The van der Waals surface area contributed by atoms with Crippen LogP contribution in [0.4, 0.5) is 0 Å². The van der Waals surface area contributed by atoms with Crippen LogP contribution in [-0.2, 0) is 4.74 Å². The van der Waals surface area contributed by atoms with Crippen LogP contribution >= 0.6 is 11.3 Å². The summed E-state index contributed by atoms with van der Waals surface area (Å²) in [6.45, 7) is 4.15. The van der Waals surface area contributed by atoms with Crippen LogP contribution in [0.15, 0.2) is 11.4 Å². The summed E-state index contributed by atoms with van der Waals surface area (Å²) in [7, 11) is 0. The maximum atomic E-state index is 12.4. The Kier molecular flexibility index (Phi) is 5.60. The fraction of sp³-hybridized carbons (Fsp3) is 0.533. The number of aliphatic hydroxyl groups is 1. The summed E-state index contributed by atoms with van der Waals surface area (Å²) >= 11 is 1.46. The first-order chi connectivity index (χ1) is 9.70. The third-order valence-corrected chi connectivity index (χ3v) is 3.88. The summed E-state index contributed by atoms with van der Waals surface area (Å²) in [5, 5.41) is 10.5. The summed E-state index contributed by atoms with van der Waals surface area (Å²) in [5.41, 5.74) is 0.692. The largest absolute Gasteiger partial charge is 0.395 e. The molecular weight excluding hydrogens is 274 g/mol. The molecule has 1 aromatic rings. The van der Waals surface area contributed by atoms with Gasteiger partial charge in [0.15, 0.2) is 0 Å². The van der Waals surface area contributed by atoms with Gasteiger partial charge in [0.05, 0.1) is 23.2 Å². The number of ether oxygens (including phenoxy) is 1. The van der Waals surface area contributed by atoms with Gasteiger partial charge in [-0.2, -0.15) is 0 Å². The molecule has 4 nitrogen and oxygen atoms in total. The molecule has 1 fully saturated rings. The Hall–Kier alpha value is -1.35. The molecule has 1 atom stereocenters. The van der Waals surface area contributed by atoms with Crippen molar-refractivity contribution >= 4 is 17.2 Å². The average Bonchev–Trinajstić information content (AvgIpc) is 2.80. The van der Waals surface area contributed by atoms with Crippen molar-refractivity contribution in [2.45, 2.75) is 25.9 Å². The molecule has 5 heteroatoms. The van der Waals surface area contributed by atoms with Gasteiger partial charge < -0.3 is 14.7 Å². The van der Waals surface area contributed by atoms with E-state index in [1.807, 2.05) is 23.3 Å². The van der Waals surface area contributed by atoms with Crippen LogP contribution in [0.5, 0.6) is 0 Å². The SMILES string of the molecule is CC1CN(C(=O)c2csc(C#CCCO)c2)CCCO1. The standard InChI is InChI=1S/C15H19NO3S/c1-12-10-16(6-4-8-19-12)15(18)13-9-14(20-11-13)5-2-3-7-17/h9,11-12,17H,3-4,6-8,10H2,1H3. The van der Waals surface area contributed by atoms with Crippen LogP contribution in [0, 0.1) is 11.8 Å². The van der Waals surface area contributed by atoms with Gasteiger partial charge in [-0.1, -0.05) is 11.8 Å². The Morgan fingerprint density at radius 2 is 2.50 bits per heavy atom. The zero-order valence-electron chi connectivity index (χ0n) is 11.6. The van der Waals surface area contributed by atoms with Crippen LogP contribution in [-0.4, -0.2) is 48.3 Å². The molecule has 0 spiro atoms. The van der Waals surface area contributed by atoms with E-state index in [0.29, 0.717) is 25.1 Å². The molecule has 1 aliphatic heterocycles.